The van der Waals surface area contributed by atoms with E-state index in [9.17, 15) is 9.90 Å². The summed E-state index contributed by atoms with van der Waals surface area (Å²) in [6, 6.07) is 0.353. The second kappa shape index (κ2) is 6.25. The Morgan fingerprint density at radius 2 is 1.73 bits per heavy atom. The van der Waals surface area contributed by atoms with Crippen LogP contribution in [0.2, 0.25) is 0 Å². The molecule has 6 heteroatoms. The van der Waals surface area contributed by atoms with Crippen molar-refractivity contribution in [3.05, 3.63) is 11.8 Å². The summed E-state index contributed by atoms with van der Waals surface area (Å²) < 4.78 is 1.81. The highest BCUT2D eigenvalue weighted by molar-refractivity contribution is 5.99. The molecular weight excluding hydrogens is 328 g/mol. The topological polar surface area (TPSA) is 70.4 Å². The first kappa shape index (κ1) is 16.6. The van der Waals surface area contributed by atoms with Gasteiger partial charge in [0.05, 0.1) is 12.3 Å². The second-order valence-corrected chi connectivity index (χ2v) is 9.15. The van der Waals surface area contributed by atoms with Gasteiger partial charge in [-0.1, -0.05) is 0 Å². The Balaban J connectivity index is 1.33. The molecule has 0 atom stereocenters. The summed E-state index contributed by atoms with van der Waals surface area (Å²) in [5.41, 5.74) is 0.692. The van der Waals surface area contributed by atoms with Gasteiger partial charge in [0.15, 0.2) is 0 Å². The van der Waals surface area contributed by atoms with Crippen LogP contribution < -0.4 is 10.2 Å². The molecule has 0 spiro atoms. The number of aryl methyl sites for hydroxylation is 1. The molecule has 4 aliphatic carbocycles. The van der Waals surface area contributed by atoms with Crippen molar-refractivity contribution in [2.45, 2.75) is 57.1 Å². The lowest BCUT2D eigenvalue weighted by molar-refractivity contribution is -0.0119. The number of aliphatic hydroxyl groups excluding tert-OH is 1. The van der Waals surface area contributed by atoms with E-state index < -0.39 is 0 Å². The number of carbonyl (C=O) groups excluding carboxylic acids is 1. The predicted octanol–water partition coefficient (Wildman–Crippen LogP) is 1.94. The van der Waals surface area contributed by atoms with Crippen LogP contribution in [0.3, 0.4) is 0 Å². The Hall–Kier alpha value is -1.56. The van der Waals surface area contributed by atoms with Crippen molar-refractivity contribution >= 4 is 11.7 Å². The first-order valence-corrected chi connectivity index (χ1v) is 10.3. The van der Waals surface area contributed by atoms with Gasteiger partial charge in [0.1, 0.15) is 11.4 Å². The lowest BCUT2D eigenvalue weighted by Crippen LogP contribution is -2.55. The highest BCUT2D eigenvalue weighted by Gasteiger charge is 2.48. The smallest absolute Gasteiger partial charge is 0.256 e. The van der Waals surface area contributed by atoms with E-state index in [1.54, 1.807) is 6.20 Å². The number of rotatable bonds is 3. The third-order valence-electron chi connectivity index (χ3n) is 7.44. The standard InChI is InChI=1S/C20H30N4O2/c1-23-20(24-4-2-16(25)3-5-24)17(11-21-23)19(26)22-18-14-7-12-6-13(9-14)10-15(18)8-12/h11-16,18,25H,2-10H2,1H3,(H,22,26). The normalized spacial score (nSPS) is 36.5. The molecule has 6 rings (SSSR count). The molecule has 1 aliphatic heterocycles. The summed E-state index contributed by atoms with van der Waals surface area (Å²) in [5.74, 6) is 4.13. The Morgan fingerprint density at radius 1 is 1.12 bits per heavy atom. The molecule has 5 aliphatic rings. The van der Waals surface area contributed by atoms with Crippen molar-refractivity contribution in [3.8, 4) is 0 Å². The van der Waals surface area contributed by atoms with Crippen LogP contribution in [0.25, 0.3) is 0 Å². The molecule has 0 radical (unpaired) electrons. The van der Waals surface area contributed by atoms with Gasteiger partial charge < -0.3 is 15.3 Å². The molecule has 0 unspecified atom stereocenters. The number of aliphatic hydroxyl groups is 1. The maximum absolute atomic E-state index is 13.1. The Kier molecular flexibility index (Phi) is 3.99. The van der Waals surface area contributed by atoms with E-state index >= 15 is 0 Å². The summed E-state index contributed by atoms with van der Waals surface area (Å²) in [5, 5.41) is 17.6. The lowest BCUT2D eigenvalue weighted by Gasteiger charge is -2.54. The van der Waals surface area contributed by atoms with Gasteiger partial charge in [-0.05, 0) is 68.6 Å². The van der Waals surface area contributed by atoms with Crippen LogP contribution >= 0.6 is 0 Å². The summed E-state index contributed by atoms with van der Waals surface area (Å²) in [6.07, 6.45) is 9.66. The molecule has 1 aromatic heterocycles. The largest absolute Gasteiger partial charge is 0.393 e. The number of piperidine rings is 1. The molecule has 0 aromatic carbocycles. The van der Waals surface area contributed by atoms with Crippen molar-refractivity contribution in [2.24, 2.45) is 30.7 Å². The van der Waals surface area contributed by atoms with Crippen molar-refractivity contribution in [2.75, 3.05) is 18.0 Å². The molecule has 2 heterocycles. The minimum Gasteiger partial charge on any atom is -0.393 e. The zero-order valence-corrected chi connectivity index (χ0v) is 15.6. The summed E-state index contributed by atoms with van der Waals surface area (Å²) >= 11 is 0. The molecule has 142 valence electrons. The van der Waals surface area contributed by atoms with E-state index in [-0.39, 0.29) is 12.0 Å². The van der Waals surface area contributed by atoms with E-state index in [0.29, 0.717) is 23.4 Å². The number of nitrogens with one attached hydrogen (secondary N) is 1. The van der Waals surface area contributed by atoms with Crippen LogP contribution in [0.5, 0.6) is 0 Å². The van der Waals surface area contributed by atoms with E-state index in [4.69, 9.17) is 0 Å². The van der Waals surface area contributed by atoms with Crippen LogP contribution in [0.1, 0.15) is 55.3 Å². The fraction of sp³-hybridized carbons (Fsp3) is 0.800. The third-order valence-corrected chi connectivity index (χ3v) is 7.44. The second-order valence-electron chi connectivity index (χ2n) is 9.15. The Bertz CT molecular complexity index is 664. The monoisotopic (exact) mass is 358 g/mol. The van der Waals surface area contributed by atoms with E-state index in [1.807, 2.05) is 11.7 Å². The summed E-state index contributed by atoms with van der Waals surface area (Å²) in [4.78, 5) is 15.3. The van der Waals surface area contributed by atoms with Crippen molar-refractivity contribution in [1.29, 1.82) is 0 Å². The van der Waals surface area contributed by atoms with Gasteiger partial charge in [-0.2, -0.15) is 5.10 Å². The summed E-state index contributed by atoms with van der Waals surface area (Å²) in [7, 11) is 1.90. The number of hydrogen-bond donors (Lipinski definition) is 2. The number of amides is 1. The van der Waals surface area contributed by atoms with Crippen LogP contribution in [0.4, 0.5) is 5.82 Å². The number of nitrogens with zero attached hydrogens (tertiary/aromatic N) is 3. The van der Waals surface area contributed by atoms with Gasteiger partial charge >= 0.3 is 0 Å². The fourth-order valence-corrected chi connectivity index (χ4v) is 6.43. The van der Waals surface area contributed by atoms with Gasteiger partial charge in [0, 0.05) is 26.2 Å². The number of anilines is 1. The fourth-order valence-electron chi connectivity index (χ4n) is 6.43. The molecule has 26 heavy (non-hydrogen) atoms. The van der Waals surface area contributed by atoms with Crippen LogP contribution in [0.15, 0.2) is 6.20 Å². The first-order chi connectivity index (χ1) is 12.6. The quantitative estimate of drug-likeness (QED) is 0.866. The first-order valence-electron chi connectivity index (χ1n) is 10.3. The van der Waals surface area contributed by atoms with E-state index in [1.165, 1.54) is 32.1 Å². The lowest BCUT2D eigenvalue weighted by atomic mass is 9.54. The third kappa shape index (κ3) is 2.73. The van der Waals surface area contributed by atoms with E-state index in [2.05, 4.69) is 15.3 Å². The molecule has 1 amide bonds. The molecule has 2 N–H and O–H groups in total. The Labute approximate surface area is 154 Å². The average Bonchev–Trinajstić information content (AvgIpc) is 3.00. The highest BCUT2D eigenvalue weighted by Crippen LogP contribution is 2.53. The average molecular weight is 358 g/mol. The molecule has 1 aromatic rings. The molecule has 6 nitrogen and oxygen atoms in total. The number of aromatic nitrogens is 2. The molecule has 4 saturated carbocycles. The Morgan fingerprint density at radius 3 is 2.35 bits per heavy atom. The van der Waals surface area contributed by atoms with Crippen molar-refractivity contribution in [1.82, 2.24) is 15.1 Å². The molecule has 5 fully saturated rings. The van der Waals surface area contributed by atoms with Gasteiger partial charge in [-0.15, -0.1) is 0 Å². The van der Waals surface area contributed by atoms with Crippen molar-refractivity contribution < 1.29 is 9.90 Å². The SMILES string of the molecule is Cn1ncc(C(=O)NC2C3CC4CC(C3)CC2C4)c1N1CCC(O)CC1. The number of hydrogen-bond acceptors (Lipinski definition) is 4. The summed E-state index contributed by atoms with van der Waals surface area (Å²) in [6.45, 7) is 1.55. The zero-order chi connectivity index (χ0) is 17.8. The minimum atomic E-state index is -0.218. The highest BCUT2D eigenvalue weighted by atomic mass is 16.3. The molecule has 1 saturated heterocycles. The number of carbonyl (C=O) groups is 1. The molecular formula is C20H30N4O2. The van der Waals surface area contributed by atoms with Crippen LogP contribution in [-0.4, -0.2) is 46.0 Å². The van der Waals surface area contributed by atoms with Crippen LogP contribution in [0, 0.1) is 23.7 Å². The maximum atomic E-state index is 13.1. The van der Waals surface area contributed by atoms with Gasteiger partial charge in [-0.3, -0.25) is 9.48 Å². The van der Waals surface area contributed by atoms with Gasteiger partial charge in [0.25, 0.3) is 5.91 Å². The van der Waals surface area contributed by atoms with E-state index in [0.717, 1.165) is 43.6 Å². The van der Waals surface area contributed by atoms with Crippen LogP contribution in [-0.2, 0) is 7.05 Å². The maximum Gasteiger partial charge on any atom is 0.256 e. The van der Waals surface area contributed by atoms with Crippen molar-refractivity contribution in [3.63, 3.8) is 0 Å². The zero-order valence-electron chi connectivity index (χ0n) is 15.6. The predicted molar refractivity (Wildman–Crippen MR) is 99.0 cm³/mol. The van der Waals surface area contributed by atoms with Gasteiger partial charge in [-0.25, -0.2) is 0 Å². The molecule has 4 bridgehead atoms. The van der Waals surface area contributed by atoms with Gasteiger partial charge in [0.2, 0.25) is 0 Å². The minimum absolute atomic E-state index is 0.0386.